The second kappa shape index (κ2) is 6.82. The monoisotopic (exact) mass is 327 g/mol. The number of nitrogens with zero attached hydrogens (tertiary/aromatic N) is 4. The van der Waals surface area contributed by atoms with Crippen LogP contribution in [0.1, 0.15) is 25.5 Å². The van der Waals surface area contributed by atoms with Crippen LogP contribution in [0.25, 0.3) is 5.69 Å². The minimum absolute atomic E-state index is 0.0476. The maximum atomic E-state index is 12.6. The molecule has 7 nitrogen and oxygen atoms in total. The molecule has 0 aliphatic carbocycles. The number of likely N-dealkylation sites (tertiary alicyclic amines) is 1. The molecule has 126 valence electrons. The molecule has 24 heavy (non-hydrogen) atoms. The van der Waals surface area contributed by atoms with Crippen LogP contribution in [-0.4, -0.2) is 44.3 Å². The number of carbonyl (C=O) groups excluding carboxylic acids is 2. The first-order valence-electron chi connectivity index (χ1n) is 8.10. The third-order valence-electron chi connectivity index (χ3n) is 4.46. The molecule has 0 radical (unpaired) electrons. The number of hydrogen-bond donors (Lipinski definition) is 1. The molecule has 0 saturated carbocycles. The van der Waals surface area contributed by atoms with E-state index in [9.17, 15) is 9.59 Å². The molecule has 3 rings (SSSR count). The summed E-state index contributed by atoms with van der Waals surface area (Å²) < 4.78 is 0. The van der Waals surface area contributed by atoms with Gasteiger partial charge < -0.3 is 10.6 Å². The van der Waals surface area contributed by atoms with Gasteiger partial charge in [0.1, 0.15) is 0 Å². The third-order valence-corrected chi connectivity index (χ3v) is 4.46. The first kappa shape index (κ1) is 16.2. The second-order valence-corrected chi connectivity index (χ2v) is 6.21. The fraction of sp³-hybridized carbons (Fsp3) is 0.412. The van der Waals surface area contributed by atoms with Gasteiger partial charge in [-0.1, -0.05) is 18.2 Å². The van der Waals surface area contributed by atoms with Crippen LogP contribution in [0.4, 0.5) is 0 Å². The van der Waals surface area contributed by atoms with Gasteiger partial charge in [0, 0.05) is 12.6 Å². The van der Waals surface area contributed by atoms with E-state index in [4.69, 9.17) is 5.73 Å². The van der Waals surface area contributed by atoms with Crippen LogP contribution in [0.2, 0.25) is 0 Å². The van der Waals surface area contributed by atoms with Gasteiger partial charge >= 0.3 is 0 Å². The van der Waals surface area contributed by atoms with E-state index in [0.29, 0.717) is 12.2 Å². The largest absolute Gasteiger partial charge is 0.369 e. The number of aromatic nitrogens is 3. The molecule has 7 heteroatoms. The van der Waals surface area contributed by atoms with Crippen molar-refractivity contribution in [3.05, 3.63) is 42.2 Å². The molecule has 0 bridgehead atoms. The standard InChI is InChI=1S/C17H21N5O2/c1-12-7-8-13(17(18)24)11-21(12)16(23)9-14-10-19-22(20-14)15-5-3-2-4-6-15/h2-6,10,12-13H,7-9,11H2,1H3,(H2,18,24)/t12-,13+/m0/s1. The minimum atomic E-state index is -0.338. The highest BCUT2D eigenvalue weighted by Gasteiger charge is 2.31. The molecule has 1 aromatic carbocycles. The van der Waals surface area contributed by atoms with Gasteiger partial charge in [-0.15, -0.1) is 0 Å². The summed E-state index contributed by atoms with van der Waals surface area (Å²) in [6.07, 6.45) is 3.30. The zero-order chi connectivity index (χ0) is 17.1. The Morgan fingerprint density at radius 3 is 2.71 bits per heavy atom. The number of primary amides is 1. The van der Waals surface area contributed by atoms with Crippen LogP contribution in [0.15, 0.2) is 36.5 Å². The smallest absolute Gasteiger partial charge is 0.228 e. The zero-order valence-corrected chi connectivity index (χ0v) is 13.6. The van der Waals surface area contributed by atoms with Crippen LogP contribution >= 0.6 is 0 Å². The van der Waals surface area contributed by atoms with Crippen molar-refractivity contribution in [2.75, 3.05) is 6.54 Å². The maximum Gasteiger partial charge on any atom is 0.228 e. The lowest BCUT2D eigenvalue weighted by Crippen LogP contribution is -2.49. The number of piperidine rings is 1. The van der Waals surface area contributed by atoms with Gasteiger partial charge in [-0.3, -0.25) is 9.59 Å². The fourth-order valence-electron chi connectivity index (χ4n) is 3.00. The predicted octanol–water partition coefficient (Wildman–Crippen LogP) is 0.922. The Bertz CT molecular complexity index is 728. The predicted molar refractivity (Wildman–Crippen MR) is 88.2 cm³/mol. The van der Waals surface area contributed by atoms with E-state index < -0.39 is 0 Å². The van der Waals surface area contributed by atoms with Crippen molar-refractivity contribution in [2.24, 2.45) is 11.7 Å². The third kappa shape index (κ3) is 3.45. The van der Waals surface area contributed by atoms with Crippen molar-refractivity contribution in [1.82, 2.24) is 19.9 Å². The van der Waals surface area contributed by atoms with Gasteiger partial charge in [-0.2, -0.15) is 15.0 Å². The lowest BCUT2D eigenvalue weighted by molar-refractivity contribution is -0.137. The van der Waals surface area contributed by atoms with Gasteiger partial charge in [0.05, 0.1) is 29.9 Å². The number of para-hydroxylation sites is 1. The number of rotatable bonds is 4. The Morgan fingerprint density at radius 2 is 2.00 bits per heavy atom. The summed E-state index contributed by atoms with van der Waals surface area (Å²) in [5.74, 6) is -0.645. The highest BCUT2D eigenvalue weighted by molar-refractivity contribution is 5.81. The molecule has 2 amide bonds. The lowest BCUT2D eigenvalue weighted by Gasteiger charge is -2.36. The van der Waals surface area contributed by atoms with Crippen LogP contribution in [0.5, 0.6) is 0 Å². The van der Waals surface area contributed by atoms with Crippen LogP contribution in [0.3, 0.4) is 0 Å². The summed E-state index contributed by atoms with van der Waals surface area (Å²) in [7, 11) is 0. The lowest BCUT2D eigenvalue weighted by atomic mass is 9.92. The van der Waals surface area contributed by atoms with E-state index in [2.05, 4.69) is 10.2 Å². The summed E-state index contributed by atoms with van der Waals surface area (Å²) in [6, 6.07) is 9.64. The number of carbonyl (C=O) groups is 2. The molecule has 2 heterocycles. The molecule has 0 unspecified atom stereocenters. The van der Waals surface area contributed by atoms with Crippen LogP contribution in [0, 0.1) is 5.92 Å². The quantitative estimate of drug-likeness (QED) is 0.903. The molecular weight excluding hydrogens is 306 g/mol. The van der Waals surface area contributed by atoms with Gasteiger partial charge in [0.25, 0.3) is 0 Å². The van der Waals surface area contributed by atoms with E-state index in [1.807, 2.05) is 37.3 Å². The average Bonchev–Trinajstić information content (AvgIpc) is 3.04. The van der Waals surface area contributed by atoms with Gasteiger partial charge in [-0.05, 0) is 31.9 Å². The van der Waals surface area contributed by atoms with Gasteiger partial charge in [-0.25, -0.2) is 0 Å². The summed E-state index contributed by atoms with van der Waals surface area (Å²) in [5.41, 5.74) is 6.85. The normalized spacial score (nSPS) is 20.8. The number of benzene rings is 1. The van der Waals surface area contributed by atoms with Crippen LogP contribution in [-0.2, 0) is 16.0 Å². The average molecular weight is 327 g/mol. The van der Waals surface area contributed by atoms with Gasteiger partial charge in [0.2, 0.25) is 11.8 Å². The number of hydrogen-bond acceptors (Lipinski definition) is 4. The van der Waals surface area contributed by atoms with E-state index in [0.717, 1.165) is 18.5 Å². The zero-order valence-electron chi connectivity index (χ0n) is 13.6. The fourth-order valence-corrected chi connectivity index (χ4v) is 3.00. The Hall–Kier alpha value is -2.70. The molecule has 1 aromatic heterocycles. The Kier molecular flexibility index (Phi) is 4.59. The van der Waals surface area contributed by atoms with Crippen LogP contribution < -0.4 is 5.73 Å². The first-order chi connectivity index (χ1) is 11.5. The highest BCUT2D eigenvalue weighted by atomic mass is 16.2. The molecule has 1 aliphatic heterocycles. The molecule has 0 spiro atoms. The first-order valence-corrected chi connectivity index (χ1v) is 8.10. The molecule has 1 saturated heterocycles. The summed E-state index contributed by atoms with van der Waals surface area (Å²) in [6.45, 7) is 2.39. The van der Waals surface area contributed by atoms with E-state index in [1.54, 1.807) is 11.1 Å². The second-order valence-electron chi connectivity index (χ2n) is 6.21. The summed E-state index contributed by atoms with van der Waals surface area (Å²) in [4.78, 5) is 27.2. The number of nitrogens with two attached hydrogens (primary N) is 1. The maximum absolute atomic E-state index is 12.6. The van der Waals surface area contributed by atoms with E-state index in [-0.39, 0.29) is 30.2 Å². The molecule has 1 aliphatic rings. The molecule has 2 N–H and O–H groups in total. The van der Waals surface area contributed by atoms with Crippen molar-refractivity contribution in [2.45, 2.75) is 32.2 Å². The molecule has 2 aromatic rings. The highest BCUT2D eigenvalue weighted by Crippen LogP contribution is 2.22. The SMILES string of the molecule is C[C@H]1CC[C@@H](C(N)=O)CN1C(=O)Cc1cnn(-c2ccccc2)n1. The van der Waals surface area contributed by atoms with E-state index >= 15 is 0 Å². The number of amides is 2. The van der Waals surface area contributed by atoms with Crippen molar-refractivity contribution in [3.8, 4) is 5.69 Å². The Morgan fingerprint density at radius 1 is 1.25 bits per heavy atom. The van der Waals surface area contributed by atoms with Crippen molar-refractivity contribution < 1.29 is 9.59 Å². The topological polar surface area (TPSA) is 94.1 Å². The van der Waals surface area contributed by atoms with E-state index in [1.165, 1.54) is 4.80 Å². The Labute approximate surface area is 140 Å². The van der Waals surface area contributed by atoms with Gasteiger partial charge in [0.15, 0.2) is 0 Å². The molecule has 1 fully saturated rings. The Balaban J connectivity index is 1.68. The molecular formula is C17H21N5O2. The summed E-state index contributed by atoms with van der Waals surface area (Å²) >= 11 is 0. The minimum Gasteiger partial charge on any atom is -0.369 e. The van der Waals surface area contributed by atoms with Crippen molar-refractivity contribution in [3.63, 3.8) is 0 Å². The molecule has 2 atom stereocenters. The van der Waals surface area contributed by atoms with Crippen molar-refractivity contribution in [1.29, 1.82) is 0 Å². The summed E-state index contributed by atoms with van der Waals surface area (Å²) in [5, 5.41) is 8.57. The van der Waals surface area contributed by atoms with Crippen molar-refractivity contribution >= 4 is 11.8 Å².